The molecule has 0 bridgehead atoms. The van der Waals surface area contributed by atoms with Crippen LogP contribution < -0.4 is 0 Å². The van der Waals surface area contributed by atoms with Gasteiger partial charge in [0.1, 0.15) is 0 Å². The summed E-state index contributed by atoms with van der Waals surface area (Å²) in [6, 6.07) is 20.1. The lowest BCUT2D eigenvalue weighted by atomic mass is 10.00. The molecule has 2 aromatic heterocycles. The van der Waals surface area contributed by atoms with Crippen molar-refractivity contribution < 1.29 is 21.6 Å². The minimum Gasteiger partial charge on any atom is -0.374 e. The average Bonchev–Trinajstić information content (AvgIpc) is 3.50. The van der Waals surface area contributed by atoms with Gasteiger partial charge in [-0.15, -0.1) is 0 Å². The molecule has 1 fully saturated rings. The zero-order chi connectivity index (χ0) is 24.6. The monoisotopic (exact) mass is 508 g/mol. The van der Waals surface area contributed by atoms with E-state index in [9.17, 15) is 16.8 Å². The Morgan fingerprint density at radius 3 is 2.37 bits per heavy atom. The highest BCUT2D eigenvalue weighted by Gasteiger charge is 2.27. The lowest BCUT2D eigenvalue weighted by Crippen LogP contribution is -2.17. The normalized spacial score (nSPS) is 17.2. The molecule has 0 aliphatic carbocycles. The predicted molar refractivity (Wildman–Crippen MR) is 134 cm³/mol. The van der Waals surface area contributed by atoms with E-state index in [1.807, 2.05) is 12.1 Å². The van der Waals surface area contributed by atoms with Crippen LogP contribution in [0.2, 0.25) is 0 Å². The van der Waals surface area contributed by atoms with Gasteiger partial charge >= 0.3 is 0 Å². The number of fused-ring (bicyclic) bond motifs is 1. The summed E-state index contributed by atoms with van der Waals surface area (Å²) in [5.41, 5.74) is 2.07. The largest absolute Gasteiger partial charge is 0.374 e. The summed E-state index contributed by atoms with van der Waals surface area (Å²) in [5, 5.41) is 0.674. The number of ether oxygens (including phenoxy) is 1. The standard InChI is InChI=1S/C26H24N2O5S2/c1-34(29,30)22-13-11-19(12-14-22)24(18-21-8-6-16-33-21)25-17-20-7-5-15-27-26(20)28(25)35(31,32)23-9-3-2-4-10-23/h2-5,7,9-15,17-18,21H,6,8,16H2,1H3/b24-18-. The van der Waals surface area contributed by atoms with Crippen molar-refractivity contribution in [3.05, 3.63) is 96.3 Å². The number of sulfone groups is 1. The van der Waals surface area contributed by atoms with Gasteiger partial charge in [-0.25, -0.2) is 25.8 Å². The Morgan fingerprint density at radius 1 is 0.971 bits per heavy atom. The zero-order valence-corrected chi connectivity index (χ0v) is 20.7. The second kappa shape index (κ2) is 9.07. The van der Waals surface area contributed by atoms with Crippen LogP contribution in [0.1, 0.15) is 24.1 Å². The molecule has 1 atom stereocenters. The first kappa shape index (κ1) is 23.5. The molecule has 2 aromatic carbocycles. The SMILES string of the molecule is CS(=O)(=O)c1ccc(/C(=C/C2CCCO2)c2cc3cccnc3n2S(=O)(=O)c2ccccc2)cc1. The number of benzene rings is 2. The Hall–Kier alpha value is -3.27. The van der Waals surface area contributed by atoms with Gasteiger partial charge in [0.05, 0.1) is 21.6 Å². The topological polar surface area (TPSA) is 95.3 Å². The van der Waals surface area contributed by atoms with Crippen molar-refractivity contribution in [2.45, 2.75) is 28.7 Å². The Bertz CT molecular complexity index is 1620. The van der Waals surface area contributed by atoms with Gasteiger partial charge in [0.15, 0.2) is 15.5 Å². The molecule has 3 heterocycles. The lowest BCUT2D eigenvalue weighted by molar-refractivity contribution is 0.146. The van der Waals surface area contributed by atoms with Crippen LogP contribution >= 0.6 is 0 Å². The van der Waals surface area contributed by atoms with E-state index in [1.54, 1.807) is 60.8 Å². The highest BCUT2D eigenvalue weighted by atomic mass is 32.2. The summed E-state index contributed by atoms with van der Waals surface area (Å²) in [5.74, 6) is 0. The molecular formula is C26H24N2O5S2. The lowest BCUT2D eigenvalue weighted by Gasteiger charge is -2.16. The van der Waals surface area contributed by atoms with Crippen LogP contribution in [-0.4, -0.2) is 44.8 Å². The van der Waals surface area contributed by atoms with Gasteiger partial charge in [-0.2, -0.15) is 0 Å². The molecule has 4 aromatic rings. The van der Waals surface area contributed by atoms with E-state index in [0.717, 1.165) is 19.1 Å². The highest BCUT2D eigenvalue weighted by molar-refractivity contribution is 7.90. The molecule has 0 N–H and O–H groups in total. The molecule has 1 saturated heterocycles. The molecule has 1 aliphatic heterocycles. The van der Waals surface area contributed by atoms with Gasteiger partial charge in [-0.1, -0.05) is 30.3 Å². The van der Waals surface area contributed by atoms with Gasteiger partial charge in [0.25, 0.3) is 10.0 Å². The van der Waals surface area contributed by atoms with Crippen molar-refractivity contribution in [1.82, 2.24) is 8.96 Å². The minimum atomic E-state index is -3.99. The van der Waals surface area contributed by atoms with Gasteiger partial charge in [-0.3, -0.25) is 0 Å². The number of hydrogen-bond donors (Lipinski definition) is 0. The summed E-state index contributed by atoms with van der Waals surface area (Å²) < 4.78 is 58.8. The molecule has 1 unspecified atom stereocenters. The molecule has 1 aliphatic rings. The number of nitrogens with zero attached hydrogens (tertiary/aromatic N) is 2. The van der Waals surface area contributed by atoms with Gasteiger partial charge in [0, 0.05) is 30.0 Å². The molecule has 35 heavy (non-hydrogen) atoms. The van der Waals surface area contributed by atoms with E-state index >= 15 is 0 Å². The molecule has 5 rings (SSSR count). The molecule has 7 nitrogen and oxygen atoms in total. The van der Waals surface area contributed by atoms with E-state index in [2.05, 4.69) is 4.98 Å². The summed E-state index contributed by atoms with van der Waals surface area (Å²) in [4.78, 5) is 4.73. The predicted octanol–water partition coefficient (Wildman–Crippen LogP) is 4.29. The number of rotatable bonds is 6. The highest BCUT2D eigenvalue weighted by Crippen LogP contribution is 2.34. The quantitative estimate of drug-likeness (QED) is 0.386. The third-order valence-corrected chi connectivity index (χ3v) is 8.84. The van der Waals surface area contributed by atoms with Crippen LogP contribution in [0, 0.1) is 0 Å². The van der Waals surface area contributed by atoms with Crippen LogP contribution in [0.5, 0.6) is 0 Å². The van der Waals surface area contributed by atoms with Crippen LogP contribution in [0.3, 0.4) is 0 Å². The third-order valence-electron chi connectivity index (χ3n) is 5.99. The van der Waals surface area contributed by atoms with Gasteiger partial charge < -0.3 is 4.74 Å². The maximum absolute atomic E-state index is 13.9. The van der Waals surface area contributed by atoms with Crippen molar-refractivity contribution in [2.75, 3.05) is 12.9 Å². The maximum Gasteiger partial charge on any atom is 0.269 e. The fraction of sp³-hybridized carbons (Fsp3) is 0.192. The van der Waals surface area contributed by atoms with Crippen LogP contribution in [0.4, 0.5) is 0 Å². The van der Waals surface area contributed by atoms with Crippen LogP contribution in [-0.2, 0) is 24.6 Å². The van der Waals surface area contributed by atoms with E-state index in [1.165, 1.54) is 16.1 Å². The maximum atomic E-state index is 13.9. The molecule has 0 saturated carbocycles. The first-order valence-corrected chi connectivity index (χ1v) is 14.5. The van der Waals surface area contributed by atoms with Gasteiger partial charge in [-0.05, 0) is 66.9 Å². The number of pyridine rings is 1. The summed E-state index contributed by atoms with van der Waals surface area (Å²) in [6.45, 7) is 0.633. The first-order chi connectivity index (χ1) is 16.7. The first-order valence-electron chi connectivity index (χ1n) is 11.2. The summed E-state index contributed by atoms with van der Waals surface area (Å²) >= 11 is 0. The van der Waals surface area contributed by atoms with E-state index in [4.69, 9.17) is 4.74 Å². The second-order valence-electron chi connectivity index (χ2n) is 8.46. The van der Waals surface area contributed by atoms with Gasteiger partial charge in [0.2, 0.25) is 0 Å². The van der Waals surface area contributed by atoms with Crippen LogP contribution in [0.25, 0.3) is 16.6 Å². The fourth-order valence-corrected chi connectivity index (χ4v) is 6.40. The zero-order valence-electron chi connectivity index (χ0n) is 19.0. The van der Waals surface area contributed by atoms with Crippen LogP contribution in [0.15, 0.2) is 94.9 Å². The Labute approximate surface area is 204 Å². The number of aromatic nitrogens is 2. The van der Waals surface area contributed by atoms with E-state index < -0.39 is 19.9 Å². The fourth-order valence-electron chi connectivity index (χ4n) is 4.27. The third kappa shape index (κ3) is 4.54. The summed E-state index contributed by atoms with van der Waals surface area (Å²) in [6.07, 6.45) is 6.18. The average molecular weight is 509 g/mol. The molecule has 0 spiro atoms. The Kier molecular flexibility index (Phi) is 6.08. The smallest absolute Gasteiger partial charge is 0.269 e. The van der Waals surface area contributed by atoms with Crippen molar-refractivity contribution in [2.24, 2.45) is 0 Å². The molecule has 180 valence electrons. The van der Waals surface area contributed by atoms with Crippen molar-refractivity contribution >= 4 is 36.5 Å². The van der Waals surface area contributed by atoms with E-state index in [-0.39, 0.29) is 15.9 Å². The van der Waals surface area contributed by atoms with Crippen molar-refractivity contribution in [3.63, 3.8) is 0 Å². The molecule has 9 heteroatoms. The molecule has 0 radical (unpaired) electrons. The minimum absolute atomic E-state index is 0.147. The second-order valence-corrected chi connectivity index (χ2v) is 12.3. The Balaban J connectivity index is 1.77. The van der Waals surface area contributed by atoms with Crippen molar-refractivity contribution in [1.29, 1.82) is 0 Å². The van der Waals surface area contributed by atoms with Crippen molar-refractivity contribution in [3.8, 4) is 0 Å². The Morgan fingerprint density at radius 2 is 1.71 bits per heavy atom. The molecular weight excluding hydrogens is 484 g/mol. The number of hydrogen-bond acceptors (Lipinski definition) is 6. The summed E-state index contributed by atoms with van der Waals surface area (Å²) in [7, 11) is -7.37. The van der Waals surface area contributed by atoms with E-state index in [0.29, 0.717) is 34.5 Å². The molecule has 0 amide bonds.